The number of hydrogen-bond donors (Lipinski definition) is 1. The summed E-state index contributed by atoms with van der Waals surface area (Å²) in [6.45, 7) is 0. The van der Waals surface area contributed by atoms with Crippen molar-refractivity contribution in [3.8, 4) is 0 Å². The van der Waals surface area contributed by atoms with Crippen LogP contribution in [-0.4, -0.2) is 5.11 Å². The van der Waals surface area contributed by atoms with Crippen molar-refractivity contribution in [2.24, 2.45) is 0 Å². The zero-order valence-corrected chi connectivity index (χ0v) is 11.2. The van der Waals surface area contributed by atoms with E-state index in [1.807, 2.05) is 0 Å². The molecule has 0 bridgehead atoms. The average molecular weight is 313 g/mol. The number of benzene rings is 2. The fourth-order valence-corrected chi connectivity index (χ4v) is 2.31. The highest BCUT2D eigenvalue weighted by Gasteiger charge is 2.23. The maximum Gasteiger partial charge on any atom is 0.194 e. The standard InChI is InChI=1S/C15H8ClF3O2/c16-9-3-1-2-7-6-11(21-15(7)9)14(20)8-4-5-10(17)13(19)12(8)18/h1-6,14,20H. The van der Waals surface area contributed by atoms with E-state index in [-0.39, 0.29) is 5.76 Å². The van der Waals surface area contributed by atoms with E-state index in [2.05, 4.69) is 0 Å². The van der Waals surface area contributed by atoms with Crippen LogP contribution in [0.4, 0.5) is 13.2 Å². The molecule has 0 aliphatic carbocycles. The highest BCUT2D eigenvalue weighted by atomic mass is 35.5. The highest BCUT2D eigenvalue weighted by Crippen LogP contribution is 2.33. The van der Waals surface area contributed by atoms with Gasteiger partial charge in [0.25, 0.3) is 0 Å². The molecule has 1 atom stereocenters. The Kier molecular flexibility index (Phi) is 3.39. The van der Waals surface area contributed by atoms with E-state index in [4.69, 9.17) is 16.0 Å². The Hall–Kier alpha value is -1.98. The van der Waals surface area contributed by atoms with Crippen LogP contribution < -0.4 is 0 Å². The summed E-state index contributed by atoms with van der Waals surface area (Å²) in [5.41, 5.74) is -0.0831. The summed E-state index contributed by atoms with van der Waals surface area (Å²) in [6.07, 6.45) is -1.57. The number of fused-ring (bicyclic) bond motifs is 1. The van der Waals surface area contributed by atoms with Crippen molar-refractivity contribution in [2.75, 3.05) is 0 Å². The molecule has 6 heteroatoms. The molecule has 2 aromatic carbocycles. The lowest BCUT2D eigenvalue weighted by Crippen LogP contribution is -2.04. The third-order valence-electron chi connectivity index (χ3n) is 3.14. The predicted octanol–water partition coefficient (Wildman–Crippen LogP) is 4.59. The summed E-state index contributed by atoms with van der Waals surface area (Å²) in [5.74, 6) is -4.42. The van der Waals surface area contributed by atoms with E-state index in [9.17, 15) is 18.3 Å². The summed E-state index contributed by atoms with van der Waals surface area (Å²) >= 11 is 5.94. The Bertz CT molecular complexity index is 829. The van der Waals surface area contributed by atoms with Gasteiger partial charge in [-0.2, -0.15) is 0 Å². The SMILES string of the molecule is OC(c1cc2cccc(Cl)c2o1)c1ccc(F)c(F)c1F. The molecule has 1 N–H and O–H groups in total. The van der Waals surface area contributed by atoms with Crippen molar-refractivity contribution in [2.45, 2.75) is 6.10 Å². The second kappa shape index (κ2) is 5.09. The zero-order valence-electron chi connectivity index (χ0n) is 10.4. The molecule has 1 heterocycles. The fourth-order valence-electron chi connectivity index (χ4n) is 2.09. The van der Waals surface area contributed by atoms with E-state index in [0.717, 1.165) is 12.1 Å². The molecular formula is C15H8ClF3O2. The van der Waals surface area contributed by atoms with Gasteiger partial charge in [-0.1, -0.05) is 23.7 Å². The Balaban J connectivity index is 2.10. The lowest BCUT2D eigenvalue weighted by molar-refractivity contribution is 0.185. The Morgan fingerprint density at radius 2 is 1.81 bits per heavy atom. The molecule has 0 fully saturated rings. The van der Waals surface area contributed by atoms with Gasteiger partial charge in [-0.05, 0) is 24.3 Å². The molecule has 3 rings (SSSR count). The zero-order chi connectivity index (χ0) is 15.1. The summed E-state index contributed by atoms with van der Waals surface area (Å²) < 4.78 is 45.2. The first-order valence-electron chi connectivity index (χ1n) is 5.98. The summed E-state index contributed by atoms with van der Waals surface area (Å²) in [5, 5.41) is 11.1. The smallest absolute Gasteiger partial charge is 0.194 e. The van der Waals surface area contributed by atoms with Crippen molar-refractivity contribution in [1.82, 2.24) is 0 Å². The molecule has 108 valence electrons. The lowest BCUT2D eigenvalue weighted by atomic mass is 10.1. The summed E-state index contributed by atoms with van der Waals surface area (Å²) in [4.78, 5) is 0. The largest absolute Gasteiger partial charge is 0.456 e. The number of aliphatic hydroxyl groups is 1. The van der Waals surface area contributed by atoms with Crippen molar-refractivity contribution >= 4 is 22.6 Å². The first kappa shape index (κ1) is 14.0. The maximum atomic E-state index is 13.7. The summed E-state index contributed by atoms with van der Waals surface area (Å²) in [7, 11) is 0. The highest BCUT2D eigenvalue weighted by molar-refractivity contribution is 6.34. The van der Waals surface area contributed by atoms with Crippen LogP contribution in [0.15, 0.2) is 40.8 Å². The van der Waals surface area contributed by atoms with Gasteiger partial charge in [-0.3, -0.25) is 0 Å². The Morgan fingerprint density at radius 1 is 1.05 bits per heavy atom. The number of halogens is 4. The molecule has 0 aliphatic rings. The third kappa shape index (κ3) is 2.28. The minimum Gasteiger partial charge on any atom is -0.456 e. The van der Waals surface area contributed by atoms with Gasteiger partial charge < -0.3 is 9.52 Å². The molecular weight excluding hydrogens is 305 g/mol. The minimum atomic E-state index is -1.64. The number of furan rings is 1. The van der Waals surface area contributed by atoms with E-state index in [0.29, 0.717) is 16.0 Å². The Morgan fingerprint density at radius 3 is 2.52 bits per heavy atom. The third-order valence-corrected chi connectivity index (χ3v) is 3.44. The van der Waals surface area contributed by atoms with Gasteiger partial charge in [0.05, 0.1) is 5.02 Å². The van der Waals surface area contributed by atoms with Crippen LogP contribution in [-0.2, 0) is 0 Å². The molecule has 3 aromatic rings. The van der Waals surface area contributed by atoms with Gasteiger partial charge in [0.2, 0.25) is 0 Å². The van der Waals surface area contributed by atoms with E-state index < -0.39 is 29.1 Å². The van der Waals surface area contributed by atoms with Crippen molar-refractivity contribution in [1.29, 1.82) is 0 Å². The second-order valence-corrected chi connectivity index (χ2v) is 4.88. The van der Waals surface area contributed by atoms with E-state index in [1.54, 1.807) is 18.2 Å². The van der Waals surface area contributed by atoms with Gasteiger partial charge in [-0.25, -0.2) is 13.2 Å². The quantitative estimate of drug-likeness (QED) is 0.702. The fraction of sp³-hybridized carbons (Fsp3) is 0.0667. The maximum absolute atomic E-state index is 13.7. The topological polar surface area (TPSA) is 33.4 Å². The van der Waals surface area contributed by atoms with Gasteiger partial charge in [0.1, 0.15) is 11.9 Å². The number of para-hydroxylation sites is 1. The van der Waals surface area contributed by atoms with Gasteiger partial charge in [0.15, 0.2) is 23.0 Å². The summed E-state index contributed by atoms with van der Waals surface area (Å²) in [6, 6.07) is 8.16. The Labute approximate surface area is 122 Å². The van der Waals surface area contributed by atoms with Crippen LogP contribution in [0.2, 0.25) is 5.02 Å². The van der Waals surface area contributed by atoms with Crippen LogP contribution in [0.25, 0.3) is 11.0 Å². The van der Waals surface area contributed by atoms with Crippen molar-refractivity contribution in [3.63, 3.8) is 0 Å². The molecule has 1 aromatic heterocycles. The van der Waals surface area contributed by atoms with Crippen LogP contribution in [0.1, 0.15) is 17.4 Å². The van der Waals surface area contributed by atoms with Gasteiger partial charge >= 0.3 is 0 Å². The average Bonchev–Trinajstić information content (AvgIpc) is 2.90. The van der Waals surface area contributed by atoms with E-state index >= 15 is 0 Å². The van der Waals surface area contributed by atoms with Crippen molar-refractivity contribution in [3.05, 3.63) is 70.2 Å². The number of rotatable bonds is 2. The molecule has 1 unspecified atom stereocenters. The molecule has 2 nitrogen and oxygen atoms in total. The minimum absolute atomic E-state index is 0.0111. The van der Waals surface area contributed by atoms with Crippen LogP contribution in [0.3, 0.4) is 0 Å². The monoisotopic (exact) mass is 312 g/mol. The van der Waals surface area contributed by atoms with Crippen LogP contribution in [0.5, 0.6) is 0 Å². The number of aliphatic hydroxyl groups excluding tert-OH is 1. The first-order chi connectivity index (χ1) is 9.99. The number of hydrogen-bond acceptors (Lipinski definition) is 2. The van der Waals surface area contributed by atoms with Gasteiger partial charge in [-0.15, -0.1) is 0 Å². The van der Waals surface area contributed by atoms with Crippen LogP contribution in [0, 0.1) is 17.5 Å². The molecule has 0 aliphatic heterocycles. The van der Waals surface area contributed by atoms with Gasteiger partial charge in [0, 0.05) is 10.9 Å². The van der Waals surface area contributed by atoms with Crippen molar-refractivity contribution < 1.29 is 22.7 Å². The molecule has 0 radical (unpaired) electrons. The van der Waals surface area contributed by atoms with E-state index in [1.165, 1.54) is 6.07 Å². The molecule has 0 amide bonds. The molecule has 0 spiro atoms. The molecule has 0 saturated carbocycles. The normalized spacial score (nSPS) is 12.8. The predicted molar refractivity (Wildman–Crippen MR) is 71.6 cm³/mol. The molecule has 21 heavy (non-hydrogen) atoms. The van der Waals surface area contributed by atoms with Crippen LogP contribution >= 0.6 is 11.6 Å². The molecule has 0 saturated heterocycles. The second-order valence-electron chi connectivity index (χ2n) is 4.47. The first-order valence-corrected chi connectivity index (χ1v) is 6.36. The lowest BCUT2D eigenvalue weighted by Gasteiger charge is -2.09.